The predicted octanol–water partition coefficient (Wildman–Crippen LogP) is 2.31. The predicted molar refractivity (Wildman–Crippen MR) is 88.3 cm³/mol. The zero-order valence-corrected chi connectivity index (χ0v) is 14.8. The summed E-state index contributed by atoms with van der Waals surface area (Å²) in [5.74, 6) is -0.360. The van der Waals surface area contributed by atoms with E-state index >= 15 is 0 Å². The van der Waals surface area contributed by atoms with Gasteiger partial charge in [-0.15, -0.1) is 10.2 Å². The Hall–Kier alpha value is -1.32. The van der Waals surface area contributed by atoms with Gasteiger partial charge >= 0.3 is 0 Å². The lowest BCUT2D eigenvalue weighted by Gasteiger charge is -2.56. The maximum absolute atomic E-state index is 13.8. The number of fused-ring (bicyclic) bond motifs is 2. The van der Waals surface area contributed by atoms with Crippen molar-refractivity contribution in [3.63, 3.8) is 0 Å². The minimum atomic E-state index is -0.406. The number of nitrogens with zero attached hydrogens (tertiary/aromatic N) is 5. The molecule has 0 spiro atoms. The standard InChI is InChI=1S/C14H15BrFN5OS/c1-22-12-11(16)2-8(4-17-12)5-21-9-3-10(21)7-20(6-9)14-19-18-13(15)23-14/h2,4,9-10H,3,5-7H2,1H3. The van der Waals surface area contributed by atoms with Crippen LogP contribution in [0, 0.1) is 5.82 Å². The maximum atomic E-state index is 13.8. The normalized spacial score (nSPS) is 23.7. The Morgan fingerprint density at radius 2 is 2.17 bits per heavy atom. The minimum Gasteiger partial charge on any atom is -0.479 e. The summed E-state index contributed by atoms with van der Waals surface area (Å²) in [5, 5.41) is 9.16. The lowest BCUT2D eigenvalue weighted by atomic mass is 9.87. The summed E-state index contributed by atoms with van der Waals surface area (Å²) in [4.78, 5) is 8.71. The van der Waals surface area contributed by atoms with Gasteiger partial charge in [-0.3, -0.25) is 4.90 Å². The molecule has 5 rings (SSSR count). The Morgan fingerprint density at radius 1 is 1.39 bits per heavy atom. The molecular weight excluding hydrogens is 385 g/mol. The molecule has 0 saturated carbocycles. The van der Waals surface area contributed by atoms with Crippen LogP contribution in [0.15, 0.2) is 16.2 Å². The fraction of sp³-hybridized carbons (Fsp3) is 0.500. The number of piperazine rings is 1. The fourth-order valence-electron chi connectivity index (χ4n) is 3.34. The summed E-state index contributed by atoms with van der Waals surface area (Å²) in [7, 11) is 1.42. The third-order valence-electron chi connectivity index (χ3n) is 4.43. The number of aromatic nitrogens is 3. The van der Waals surface area contributed by atoms with E-state index in [0.717, 1.165) is 34.2 Å². The highest BCUT2D eigenvalue weighted by Gasteiger charge is 2.45. The van der Waals surface area contributed by atoms with E-state index < -0.39 is 5.82 Å². The number of rotatable bonds is 4. The molecule has 0 aliphatic carbocycles. The highest BCUT2D eigenvalue weighted by Crippen LogP contribution is 2.37. The average Bonchev–Trinajstić information content (AvgIpc) is 2.99. The molecule has 3 aliphatic rings. The van der Waals surface area contributed by atoms with Crippen LogP contribution in [-0.2, 0) is 6.54 Å². The number of halogens is 2. The van der Waals surface area contributed by atoms with Gasteiger partial charge in [-0.2, -0.15) is 0 Å². The first kappa shape index (κ1) is 15.2. The molecule has 3 saturated heterocycles. The first-order valence-electron chi connectivity index (χ1n) is 7.32. The smallest absolute Gasteiger partial charge is 0.250 e. The minimum absolute atomic E-state index is 0.0468. The van der Waals surface area contributed by atoms with Crippen LogP contribution < -0.4 is 9.64 Å². The Labute approximate surface area is 145 Å². The van der Waals surface area contributed by atoms with Gasteiger partial charge in [0.25, 0.3) is 0 Å². The van der Waals surface area contributed by atoms with E-state index in [-0.39, 0.29) is 5.88 Å². The summed E-state index contributed by atoms with van der Waals surface area (Å²) >= 11 is 4.91. The number of hydrogen-bond acceptors (Lipinski definition) is 7. The third-order valence-corrected chi connectivity index (χ3v) is 5.84. The molecule has 2 atom stereocenters. The second-order valence-corrected chi connectivity index (χ2v) is 8.02. The molecule has 23 heavy (non-hydrogen) atoms. The largest absolute Gasteiger partial charge is 0.479 e. The molecule has 2 bridgehead atoms. The molecule has 2 aromatic rings. The molecular formula is C14H15BrFN5OS. The lowest BCUT2D eigenvalue weighted by Crippen LogP contribution is -2.68. The van der Waals surface area contributed by atoms with Gasteiger partial charge < -0.3 is 9.64 Å². The van der Waals surface area contributed by atoms with E-state index in [2.05, 4.69) is 40.9 Å². The van der Waals surface area contributed by atoms with Gasteiger partial charge in [0.1, 0.15) is 0 Å². The van der Waals surface area contributed by atoms with Crippen LogP contribution in [0.4, 0.5) is 9.52 Å². The summed E-state index contributed by atoms with van der Waals surface area (Å²) in [6, 6.07) is 2.46. The molecule has 0 radical (unpaired) electrons. The van der Waals surface area contributed by atoms with E-state index in [1.54, 1.807) is 17.5 Å². The van der Waals surface area contributed by atoms with Crippen molar-refractivity contribution >= 4 is 32.4 Å². The second kappa shape index (κ2) is 5.95. The van der Waals surface area contributed by atoms with Gasteiger partial charge in [0, 0.05) is 37.9 Å². The summed E-state index contributed by atoms with van der Waals surface area (Å²) in [6.45, 7) is 2.59. The highest BCUT2D eigenvalue weighted by atomic mass is 79.9. The van der Waals surface area contributed by atoms with Gasteiger partial charge in [0.05, 0.1) is 7.11 Å². The Bertz CT molecular complexity index is 717. The van der Waals surface area contributed by atoms with Crippen molar-refractivity contribution < 1.29 is 9.13 Å². The summed E-state index contributed by atoms with van der Waals surface area (Å²) in [6.07, 6.45) is 2.87. The van der Waals surface area contributed by atoms with Crippen molar-refractivity contribution in [2.45, 2.75) is 25.0 Å². The Kier molecular flexibility index (Phi) is 3.94. The van der Waals surface area contributed by atoms with E-state index in [1.807, 2.05) is 0 Å². The van der Waals surface area contributed by atoms with Crippen LogP contribution in [-0.4, -0.2) is 52.4 Å². The summed E-state index contributed by atoms with van der Waals surface area (Å²) < 4.78 is 19.4. The van der Waals surface area contributed by atoms with E-state index in [0.29, 0.717) is 12.1 Å². The van der Waals surface area contributed by atoms with Crippen LogP contribution in [0.25, 0.3) is 0 Å². The van der Waals surface area contributed by atoms with Gasteiger partial charge in [0.15, 0.2) is 9.73 Å². The van der Waals surface area contributed by atoms with Crippen molar-refractivity contribution in [3.8, 4) is 5.88 Å². The van der Waals surface area contributed by atoms with Crippen molar-refractivity contribution in [2.24, 2.45) is 0 Å². The van der Waals surface area contributed by atoms with E-state index in [1.165, 1.54) is 19.6 Å². The highest BCUT2D eigenvalue weighted by molar-refractivity contribution is 9.11. The molecule has 0 amide bonds. The maximum Gasteiger partial charge on any atom is 0.250 e. The number of methoxy groups -OCH3 is 1. The van der Waals surface area contributed by atoms with Gasteiger partial charge in [-0.1, -0.05) is 11.3 Å². The van der Waals surface area contributed by atoms with Crippen LogP contribution in [0.1, 0.15) is 12.0 Å². The zero-order chi connectivity index (χ0) is 16.0. The monoisotopic (exact) mass is 399 g/mol. The fourth-order valence-corrected chi connectivity index (χ4v) is 4.45. The number of hydrogen-bond donors (Lipinski definition) is 0. The number of anilines is 1. The molecule has 2 aromatic heterocycles. The number of ether oxygens (including phenoxy) is 1. The first-order chi connectivity index (χ1) is 11.1. The molecule has 2 unspecified atom stereocenters. The topological polar surface area (TPSA) is 54.4 Å². The zero-order valence-electron chi connectivity index (χ0n) is 12.4. The lowest BCUT2D eigenvalue weighted by molar-refractivity contribution is -0.00863. The van der Waals surface area contributed by atoms with E-state index in [4.69, 9.17) is 4.74 Å². The molecule has 5 heterocycles. The first-order valence-corrected chi connectivity index (χ1v) is 8.93. The van der Waals surface area contributed by atoms with E-state index in [9.17, 15) is 4.39 Å². The van der Waals surface area contributed by atoms with Crippen LogP contribution in [0.5, 0.6) is 5.88 Å². The van der Waals surface area contributed by atoms with Crippen molar-refractivity contribution in [1.29, 1.82) is 0 Å². The van der Waals surface area contributed by atoms with Gasteiger partial charge in [-0.05, 0) is 34.0 Å². The molecule has 0 aromatic carbocycles. The molecule has 3 aliphatic heterocycles. The summed E-state index contributed by atoms with van der Waals surface area (Å²) in [5.41, 5.74) is 0.880. The van der Waals surface area contributed by atoms with Gasteiger partial charge in [-0.25, -0.2) is 9.37 Å². The van der Waals surface area contributed by atoms with Crippen molar-refractivity contribution in [1.82, 2.24) is 20.1 Å². The average molecular weight is 400 g/mol. The molecule has 3 fully saturated rings. The Balaban J connectivity index is 1.42. The molecule has 9 heteroatoms. The van der Waals surface area contributed by atoms with Crippen LogP contribution >= 0.6 is 27.3 Å². The van der Waals surface area contributed by atoms with Crippen molar-refractivity contribution in [3.05, 3.63) is 27.6 Å². The SMILES string of the molecule is COc1ncc(CN2C3CC2CN(c2nnc(Br)s2)C3)cc1F. The second-order valence-electron chi connectivity index (χ2n) is 5.79. The van der Waals surface area contributed by atoms with Gasteiger partial charge in [0.2, 0.25) is 11.0 Å². The van der Waals surface area contributed by atoms with Crippen LogP contribution in [0.3, 0.4) is 0 Å². The van der Waals surface area contributed by atoms with Crippen molar-refractivity contribution in [2.75, 3.05) is 25.1 Å². The van der Waals surface area contributed by atoms with Crippen LogP contribution in [0.2, 0.25) is 0 Å². The number of pyridine rings is 1. The molecule has 122 valence electrons. The quantitative estimate of drug-likeness (QED) is 0.785. The molecule has 6 nitrogen and oxygen atoms in total. The molecule has 0 N–H and O–H groups in total. The number of piperidine rings is 1. The third kappa shape index (κ3) is 2.81. The Morgan fingerprint density at radius 3 is 2.78 bits per heavy atom.